The molecule has 0 aromatic carbocycles. The molecule has 3 heterocycles. The maximum Gasteiger partial charge on any atom is 0.223 e. The molecule has 0 spiro atoms. The highest BCUT2D eigenvalue weighted by atomic mass is 32.2. The fourth-order valence-electron chi connectivity index (χ4n) is 2.44. The van der Waals surface area contributed by atoms with Crippen molar-refractivity contribution < 1.29 is 13.2 Å². The van der Waals surface area contributed by atoms with Crippen molar-refractivity contribution in [2.75, 3.05) is 37.8 Å². The Balaban J connectivity index is 1.63. The van der Waals surface area contributed by atoms with Crippen molar-refractivity contribution in [3.05, 3.63) is 36.8 Å². The van der Waals surface area contributed by atoms with Gasteiger partial charge in [-0.3, -0.25) is 4.98 Å². The number of rotatable bonds is 5. The van der Waals surface area contributed by atoms with Crippen molar-refractivity contribution >= 4 is 16.0 Å². The number of hydrogen-bond donors (Lipinski definition) is 1. The van der Waals surface area contributed by atoms with Crippen LogP contribution < -0.4 is 5.32 Å². The van der Waals surface area contributed by atoms with Gasteiger partial charge in [0.15, 0.2) is 0 Å². The van der Waals surface area contributed by atoms with Crippen molar-refractivity contribution in [1.29, 1.82) is 0 Å². The van der Waals surface area contributed by atoms with Gasteiger partial charge in [0.05, 0.1) is 24.7 Å². The van der Waals surface area contributed by atoms with Crippen LogP contribution in [0.1, 0.15) is 0 Å². The zero-order valence-electron chi connectivity index (χ0n) is 13.3. The summed E-state index contributed by atoms with van der Waals surface area (Å²) >= 11 is 0. The number of sulfonamides is 1. The monoisotopic (exact) mass is 349 g/mol. The molecule has 0 unspecified atom stereocenters. The summed E-state index contributed by atoms with van der Waals surface area (Å²) in [4.78, 5) is 12.7. The third kappa shape index (κ3) is 4.25. The predicted octanol–water partition coefficient (Wildman–Crippen LogP) is 0.611. The van der Waals surface area contributed by atoms with Crippen molar-refractivity contribution in [3.8, 4) is 11.3 Å². The SMILES string of the molecule is CS(=O)(=O)N1CCO[C@@H](CNc2nccc(-c3cccnc3)n2)C1. The van der Waals surface area contributed by atoms with Gasteiger partial charge >= 0.3 is 0 Å². The molecule has 3 rings (SSSR count). The van der Waals surface area contributed by atoms with Crippen LogP contribution in [-0.4, -0.2) is 66.3 Å². The van der Waals surface area contributed by atoms with Gasteiger partial charge in [-0.2, -0.15) is 4.31 Å². The van der Waals surface area contributed by atoms with Crippen LogP contribution in [0.15, 0.2) is 36.8 Å². The van der Waals surface area contributed by atoms with Gasteiger partial charge in [-0.05, 0) is 18.2 Å². The number of morpholine rings is 1. The molecule has 0 aliphatic carbocycles. The fourth-order valence-corrected chi connectivity index (χ4v) is 3.28. The maximum atomic E-state index is 11.6. The zero-order chi connectivity index (χ0) is 17.0. The van der Waals surface area contributed by atoms with E-state index in [2.05, 4.69) is 20.3 Å². The minimum absolute atomic E-state index is 0.237. The smallest absolute Gasteiger partial charge is 0.223 e. The third-order valence-corrected chi connectivity index (χ3v) is 4.94. The average molecular weight is 349 g/mol. The Kier molecular flexibility index (Phi) is 5.03. The van der Waals surface area contributed by atoms with Crippen LogP contribution in [-0.2, 0) is 14.8 Å². The summed E-state index contributed by atoms with van der Waals surface area (Å²) in [6.07, 6.45) is 6.09. The van der Waals surface area contributed by atoms with Crippen LogP contribution in [0.3, 0.4) is 0 Å². The van der Waals surface area contributed by atoms with E-state index in [9.17, 15) is 8.42 Å². The van der Waals surface area contributed by atoms with E-state index in [1.807, 2.05) is 18.2 Å². The van der Waals surface area contributed by atoms with Crippen molar-refractivity contribution in [2.45, 2.75) is 6.10 Å². The summed E-state index contributed by atoms with van der Waals surface area (Å²) in [5.41, 5.74) is 1.67. The predicted molar refractivity (Wildman–Crippen MR) is 89.9 cm³/mol. The summed E-state index contributed by atoms with van der Waals surface area (Å²) in [7, 11) is -3.20. The second-order valence-corrected chi connectivity index (χ2v) is 7.48. The van der Waals surface area contributed by atoms with Gasteiger partial charge in [0, 0.05) is 43.8 Å². The lowest BCUT2D eigenvalue weighted by Crippen LogP contribution is -2.47. The largest absolute Gasteiger partial charge is 0.374 e. The molecule has 1 aliphatic rings. The lowest BCUT2D eigenvalue weighted by atomic mass is 10.2. The summed E-state index contributed by atoms with van der Waals surface area (Å²) in [5.74, 6) is 0.469. The molecule has 2 aromatic heterocycles. The molecule has 0 saturated carbocycles. The maximum absolute atomic E-state index is 11.6. The van der Waals surface area contributed by atoms with Crippen LogP contribution in [0.25, 0.3) is 11.3 Å². The van der Waals surface area contributed by atoms with E-state index in [-0.39, 0.29) is 6.10 Å². The van der Waals surface area contributed by atoms with E-state index in [0.717, 1.165) is 11.3 Å². The topological polar surface area (TPSA) is 97.3 Å². The summed E-state index contributed by atoms with van der Waals surface area (Å²) < 4.78 is 30.3. The molecule has 1 aliphatic heterocycles. The Morgan fingerprint density at radius 3 is 3.00 bits per heavy atom. The molecule has 0 amide bonds. The van der Waals surface area contributed by atoms with Crippen LogP contribution in [0.4, 0.5) is 5.95 Å². The van der Waals surface area contributed by atoms with E-state index in [1.54, 1.807) is 18.6 Å². The summed E-state index contributed by atoms with van der Waals surface area (Å²) in [5, 5.41) is 3.11. The first kappa shape index (κ1) is 16.7. The number of anilines is 1. The van der Waals surface area contributed by atoms with Crippen molar-refractivity contribution in [1.82, 2.24) is 19.3 Å². The van der Waals surface area contributed by atoms with Crippen LogP contribution in [0.2, 0.25) is 0 Å². The first-order valence-corrected chi connectivity index (χ1v) is 9.41. The van der Waals surface area contributed by atoms with Gasteiger partial charge in [0.25, 0.3) is 0 Å². The van der Waals surface area contributed by atoms with Crippen LogP contribution in [0.5, 0.6) is 0 Å². The molecule has 1 atom stereocenters. The van der Waals surface area contributed by atoms with Gasteiger partial charge < -0.3 is 10.1 Å². The minimum atomic E-state index is -3.20. The number of aromatic nitrogens is 3. The molecule has 24 heavy (non-hydrogen) atoms. The van der Waals surface area contributed by atoms with E-state index < -0.39 is 10.0 Å². The number of ether oxygens (including phenoxy) is 1. The normalized spacial score (nSPS) is 19.1. The minimum Gasteiger partial charge on any atom is -0.374 e. The van der Waals surface area contributed by atoms with E-state index in [4.69, 9.17) is 4.74 Å². The van der Waals surface area contributed by atoms with E-state index >= 15 is 0 Å². The Labute approximate surface area is 141 Å². The Hall–Kier alpha value is -2.10. The number of nitrogens with zero attached hydrogens (tertiary/aromatic N) is 4. The third-order valence-electron chi connectivity index (χ3n) is 3.67. The zero-order valence-corrected chi connectivity index (χ0v) is 14.1. The van der Waals surface area contributed by atoms with Gasteiger partial charge in [0.1, 0.15) is 0 Å². The fraction of sp³-hybridized carbons (Fsp3) is 0.400. The average Bonchev–Trinajstić information content (AvgIpc) is 2.61. The van der Waals surface area contributed by atoms with Gasteiger partial charge in [0.2, 0.25) is 16.0 Å². The Morgan fingerprint density at radius 2 is 2.25 bits per heavy atom. The van der Waals surface area contributed by atoms with Crippen molar-refractivity contribution in [2.24, 2.45) is 0 Å². The lowest BCUT2D eigenvalue weighted by molar-refractivity contribution is 0.00696. The van der Waals surface area contributed by atoms with Crippen LogP contribution in [0, 0.1) is 0 Å². The molecule has 0 bridgehead atoms. The highest BCUT2D eigenvalue weighted by Crippen LogP contribution is 2.16. The molecule has 8 nitrogen and oxygen atoms in total. The van der Waals surface area contributed by atoms with E-state index in [0.29, 0.717) is 32.2 Å². The lowest BCUT2D eigenvalue weighted by Gasteiger charge is -2.31. The highest BCUT2D eigenvalue weighted by molar-refractivity contribution is 7.88. The molecule has 9 heteroatoms. The standard InChI is InChI=1S/C15H19N5O3S/c1-24(21,22)20-7-8-23-13(11-20)10-18-15-17-6-4-14(19-15)12-3-2-5-16-9-12/h2-6,9,13H,7-8,10-11H2,1H3,(H,17,18,19)/t13-/m0/s1. The molecular weight excluding hydrogens is 330 g/mol. The summed E-state index contributed by atoms with van der Waals surface area (Å²) in [6, 6.07) is 5.58. The molecule has 1 saturated heterocycles. The second-order valence-electron chi connectivity index (χ2n) is 5.50. The Bertz CT molecular complexity index is 785. The first-order chi connectivity index (χ1) is 11.5. The molecule has 2 aromatic rings. The molecule has 1 fully saturated rings. The Morgan fingerprint density at radius 1 is 1.38 bits per heavy atom. The number of hydrogen-bond acceptors (Lipinski definition) is 7. The summed E-state index contributed by atoms with van der Waals surface area (Å²) in [6.45, 7) is 1.54. The van der Waals surface area contributed by atoms with Gasteiger partial charge in [-0.15, -0.1) is 0 Å². The highest BCUT2D eigenvalue weighted by Gasteiger charge is 2.26. The number of pyridine rings is 1. The van der Waals surface area contributed by atoms with Gasteiger partial charge in [-0.25, -0.2) is 18.4 Å². The molecule has 0 radical (unpaired) electrons. The molecular formula is C15H19N5O3S. The molecule has 1 N–H and O–H groups in total. The molecule has 128 valence electrons. The van der Waals surface area contributed by atoms with Gasteiger partial charge in [-0.1, -0.05) is 0 Å². The first-order valence-electron chi connectivity index (χ1n) is 7.56. The van der Waals surface area contributed by atoms with Crippen LogP contribution >= 0.6 is 0 Å². The second kappa shape index (κ2) is 7.20. The quantitative estimate of drug-likeness (QED) is 0.844. The van der Waals surface area contributed by atoms with E-state index in [1.165, 1.54) is 10.6 Å². The van der Waals surface area contributed by atoms with Crippen molar-refractivity contribution in [3.63, 3.8) is 0 Å². The number of nitrogens with one attached hydrogen (secondary N) is 1.